The second-order valence-corrected chi connectivity index (χ2v) is 13.4. The van der Waals surface area contributed by atoms with Crippen molar-refractivity contribution in [3.8, 4) is 0 Å². The van der Waals surface area contributed by atoms with Crippen LogP contribution >= 0.6 is 0 Å². The van der Waals surface area contributed by atoms with Crippen LogP contribution in [0.4, 0.5) is 0 Å². The van der Waals surface area contributed by atoms with Crippen LogP contribution in [0.15, 0.2) is 34.4 Å². The van der Waals surface area contributed by atoms with Gasteiger partial charge in [-0.25, -0.2) is 0 Å². The highest BCUT2D eigenvalue weighted by Gasteiger charge is 2.61. The van der Waals surface area contributed by atoms with E-state index in [9.17, 15) is 14.7 Å². The fraction of sp³-hybridized carbons (Fsp3) is 0.742. The molecule has 1 saturated carbocycles. The smallest absolute Gasteiger partial charge is 0.308 e. The first-order chi connectivity index (χ1) is 16.3. The van der Waals surface area contributed by atoms with Crippen LogP contribution in [0.5, 0.6) is 0 Å². The molecule has 1 saturated heterocycles. The van der Waals surface area contributed by atoms with Crippen molar-refractivity contribution in [2.24, 2.45) is 34.0 Å². The van der Waals surface area contributed by atoms with Gasteiger partial charge in [0.05, 0.1) is 5.92 Å². The number of carboxylic acids is 1. The summed E-state index contributed by atoms with van der Waals surface area (Å²) in [6.45, 7) is 16.1. The van der Waals surface area contributed by atoms with Crippen LogP contribution in [0.3, 0.4) is 0 Å². The highest BCUT2D eigenvalue weighted by Crippen LogP contribution is 2.69. The number of carbonyl (C=O) groups excluding carboxylic acids is 1. The molecular weight excluding hydrogens is 436 g/mol. The molecule has 35 heavy (non-hydrogen) atoms. The van der Waals surface area contributed by atoms with Gasteiger partial charge in [0.2, 0.25) is 0 Å². The molecule has 4 rings (SSSR count). The lowest BCUT2D eigenvalue weighted by atomic mass is 9.51. The van der Waals surface area contributed by atoms with Gasteiger partial charge in [-0.15, -0.1) is 0 Å². The molecule has 0 aromatic carbocycles. The minimum atomic E-state index is -0.732. The Bertz CT molecular complexity index is 980. The maximum absolute atomic E-state index is 12.5. The van der Waals surface area contributed by atoms with Crippen LogP contribution in [0.2, 0.25) is 0 Å². The van der Waals surface area contributed by atoms with Gasteiger partial charge in [0.1, 0.15) is 6.10 Å². The number of allylic oxidation sites excluding steroid dienone is 6. The number of cyclic esters (lactones) is 1. The van der Waals surface area contributed by atoms with Crippen molar-refractivity contribution in [1.29, 1.82) is 0 Å². The van der Waals surface area contributed by atoms with Gasteiger partial charge < -0.3 is 9.84 Å². The second kappa shape index (κ2) is 9.23. The van der Waals surface area contributed by atoms with E-state index in [1.54, 1.807) is 5.57 Å². The standard InChI is InChI=1S/C31H46O4/c1-19(2)24-11-9-22-17-30(6)15-14-25(29(4,5)26-12-8-20(3)28(34)35-26)31(30,7)18-23(22)16-21(24)10-13-27(32)33/h11,16,19-20,25-26H,8-10,12-15,17-18H2,1-7H3,(H,32,33)/t20?,25?,26?,30-,31-/m1/s1. The number of hydrogen-bond acceptors (Lipinski definition) is 3. The summed E-state index contributed by atoms with van der Waals surface area (Å²) < 4.78 is 6.05. The average Bonchev–Trinajstić information content (AvgIpc) is 2.92. The van der Waals surface area contributed by atoms with Crippen LogP contribution in [0.25, 0.3) is 0 Å². The number of hydrogen-bond donors (Lipinski definition) is 1. The fourth-order valence-corrected chi connectivity index (χ4v) is 8.07. The number of aliphatic carboxylic acids is 1. The van der Waals surface area contributed by atoms with Crippen molar-refractivity contribution >= 4 is 11.9 Å². The van der Waals surface area contributed by atoms with E-state index in [1.807, 2.05) is 6.92 Å². The molecule has 3 aliphatic carbocycles. The van der Waals surface area contributed by atoms with Crippen molar-refractivity contribution in [1.82, 2.24) is 0 Å². The van der Waals surface area contributed by atoms with Gasteiger partial charge in [0.25, 0.3) is 0 Å². The Kier molecular flexibility index (Phi) is 6.92. The zero-order valence-corrected chi connectivity index (χ0v) is 23.0. The summed E-state index contributed by atoms with van der Waals surface area (Å²) >= 11 is 0. The quantitative estimate of drug-likeness (QED) is 0.395. The molecule has 0 amide bonds. The Morgan fingerprint density at radius 2 is 1.91 bits per heavy atom. The van der Waals surface area contributed by atoms with E-state index < -0.39 is 5.97 Å². The van der Waals surface area contributed by atoms with Crippen molar-refractivity contribution in [3.63, 3.8) is 0 Å². The van der Waals surface area contributed by atoms with Gasteiger partial charge >= 0.3 is 11.9 Å². The Hall–Kier alpha value is -1.84. The van der Waals surface area contributed by atoms with E-state index in [0.717, 1.165) is 32.1 Å². The lowest BCUT2D eigenvalue weighted by molar-refractivity contribution is -0.174. The van der Waals surface area contributed by atoms with Gasteiger partial charge in [-0.1, -0.05) is 66.2 Å². The monoisotopic (exact) mass is 482 g/mol. The first kappa shape index (κ1) is 26.2. The molecule has 4 heteroatoms. The van der Waals surface area contributed by atoms with Gasteiger partial charge in [-0.2, -0.15) is 0 Å². The molecule has 3 unspecified atom stereocenters. The molecule has 4 nitrogen and oxygen atoms in total. The molecule has 194 valence electrons. The minimum absolute atomic E-state index is 0.0110. The summed E-state index contributed by atoms with van der Waals surface area (Å²) in [4.78, 5) is 23.8. The number of carbonyl (C=O) groups is 2. The molecule has 1 heterocycles. The fourth-order valence-electron chi connectivity index (χ4n) is 8.07. The summed E-state index contributed by atoms with van der Waals surface area (Å²) in [7, 11) is 0. The van der Waals surface area contributed by atoms with Gasteiger partial charge in [0, 0.05) is 11.8 Å². The van der Waals surface area contributed by atoms with Crippen LogP contribution in [0.1, 0.15) is 106 Å². The number of fused-ring (bicyclic) bond motifs is 1. The first-order valence-corrected chi connectivity index (χ1v) is 13.8. The molecule has 4 aliphatic rings. The maximum atomic E-state index is 12.5. The number of esters is 1. The largest absolute Gasteiger partial charge is 0.481 e. The van der Waals surface area contributed by atoms with Crippen molar-refractivity contribution in [3.05, 3.63) is 34.4 Å². The molecule has 1 N–H and O–H groups in total. The molecule has 0 radical (unpaired) electrons. The lowest BCUT2D eigenvalue weighted by Gasteiger charge is -2.54. The van der Waals surface area contributed by atoms with E-state index in [-0.39, 0.29) is 40.7 Å². The summed E-state index contributed by atoms with van der Waals surface area (Å²) in [6, 6.07) is 0. The van der Waals surface area contributed by atoms with E-state index in [1.165, 1.54) is 29.6 Å². The molecule has 2 fully saturated rings. The van der Waals surface area contributed by atoms with Gasteiger partial charge in [0.15, 0.2) is 0 Å². The SMILES string of the molecule is CC(C)C1=CCC2=C(C=C1CCC(=O)O)C[C@]1(C)C(C(C)(C)C3CCC(C)C(=O)O3)CC[C@]1(C)C2. The molecule has 0 bridgehead atoms. The normalized spacial score (nSPS) is 35.7. The molecule has 1 aliphatic heterocycles. The zero-order chi connectivity index (χ0) is 25.8. The highest BCUT2D eigenvalue weighted by molar-refractivity contribution is 5.73. The van der Waals surface area contributed by atoms with Crippen LogP contribution in [0, 0.1) is 34.0 Å². The molecule has 0 aromatic rings. The van der Waals surface area contributed by atoms with Gasteiger partial charge in [-0.3, -0.25) is 9.59 Å². The van der Waals surface area contributed by atoms with E-state index in [4.69, 9.17) is 4.74 Å². The van der Waals surface area contributed by atoms with Gasteiger partial charge in [-0.05, 0) is 90.8 Å². The first-order valence-electron chi connectivity index (χ1n) is 13.8. The Morgan fingerprint density at radius 3 is 2.54 bits per heavy atom. The lowest BCUT2D eigenvalue weighted by Crippen LogP contribution is -2.50. The molecule has 0 aromatic heterocycles. The minimum Gasteiger partial charge on any atom is -0.481 e. The third-order valence-corrected chi connectivity index (χ3v) is 10.5. The molecular formula is C31H46O4. The third kappa shape index (κ3) is 4.55. The Labute approximate surface area is 212 Å². The van der Waals surface area contributed by atoms with Crippen LogP contribution in [-0.4, -0.2) is 23.1 Å². The molecule has 5 atom stereocenters. The summed E-state index contributed by atoms with van der Waals surface area (Å²) in [6.07, 6.45) is 12.9. The van der Waals surface area contributed by atoms with Crippen molar-refractivity contribution < 1.29 is 19.4 Å². The third-order valence-electron chi connectivity index (χ3n) is 10.5. The maximum Gasteiger partial charge on any atom is 0.308 e. The van der Waals surface area contributed by atoms with E-state index in [2.05, 4.69) is 53.7 Å². The summed E-state index contributed by atoms with van der Waals surface area (Å²) in [5.74, 6) is 0.103. The Morgan fingerprint density at radius 1 is 1.20 bits per heavy atom. The topological polar surface area (TPSA) is 63.6 Å². The Balaban J connectivity index is 1.67. The van der Waals surface area contributed by atoms with Crippen LogP contribution in [-0.2, 0) is 14.3 Å². The molecule has 0 spiro atoms. The van der Waals surface area contributed by atoms with E-state index >= 15 is 0 Å². The number of carboxylic acid groups (broad SMARTS) is 1. The average molecular weight is 483 g/mol. The highest BCUT2D eigenvalue weighted by atomic mass is 16.5. The number of rotatable bonds is 6. The predicted molar refractivity (Wildman–Crippen MR) is 140 cm³/mol. The predicted octanol–water partition coefficient (Wildman–Crippen LogP) is 7.64. The van der Waals surface area contributed by atoms with Crippen molar-refractivity contribution in [2.75, 3.05) is 0 Å². The number of ether oxygens (including phenoxy) is 1. The summed E-state index contributed by atoms with van der Waals surface area (Å²) in [5, 5.41) is 9.36. The van der Waals surface area contributed by atoms with E-state index in [0.29, 0.717) is 18.3 Å². The van der Waals surface area contributed by atoms with Crippen LogP contribution < -0.4 is 0 Å². The second-order valence-electron chi connectivity index (χ2n) is 13.4. The summed E-state index contributed by atoms with van der Waals surface area (Å²) in [5.41, 5.74) is 5.78. The zero-order valence-electron chi connectivity index (χ0n) is 23.0. The van der Waals surface area contributed by atoms with Crippen molar-refractivity contribution in [2.45, 2.75) is 112 Å².